The zero-order valence-electron chi connectivity index (χ0n) is 8.42. The summed E-state index contributed by atoms with van der Waals surface area (Å²) >= 11 is 0. The molecule has 0 saturated carbocycles. The maximum Gasteiger partial charge on any atom is 0.338 e. The summed E-state index contributed by atoms with van der Waals surface area (Å²) in [6, 6.07) is 2.60. The smallest absolute Gasteiger partial charge is 0.338 e. The number of aromatic carboxylic acids is 1. The Morgan fingerprint density at radius 2 is 2.24 bits per heavy atom. The predicted octanol–water partition coefficient (Wildman–Crippen LogP) is 1.90. The number of carboxylic acids is 1. The fourth-order valence-electron chi connectivity index (χ4n) is 1.32. The van der Waals surface area contributed by atoms with Crippen LogP contribution < -0.4 is 0 Å². The number of rotatable bonds is 3. The normalized spacial score (nSPS) is 10.8. The first-order valence-electron chi connectivity index (χ1n) is 4.61. The van der Waals surface area contributed by atoms with Crippen LogP contribution in [-0.2, 0) is 0 Å². The molecule has 2 aromatic rings. The molecule has 0 saturated heterocycles. The van der Waals surface area contributed by atoms with Gasteiger partial charge in [0.05, 0.1) is 17.3 Å². The minimum absolute atomic E-state index is 0.0741. The van der Waals surface area contributed by atoms with Crippen molar-refractivity contribution >= 4 is 5.97 Å². The minimum Gasteiger partial charge on any atom is -0.478 e. The van der Waals surface area contributed by atoms with Gasteiger partial charge in [0.25, 0.3) is 6.43 Å². The van der Waals surface area contributed by atoms with Gasteiger partial charge in [0, 0.05) is 12.4 Å². The van der Waals surface area contributed by atoms with Crippen molar-refractivity contribution in [3.05, 3.63) is 41.9 Å². The van der Waals surface area contributed by atoms with Crippen LogP contribution in [0, 0.1) is 0 Å². The molecule has 0 atom stereocenters. The zero-order chi connectivity index (χ0) is 12.4. The van der Waals surface area contributed by atoms with E-state index in [0.29, 0.717) is 0 Å². The van der Waals surface area contributed by atoms with Crippen LogP contribution in [0.3, 0.4) is 0 Å². The van der Waals surface area contributed by atoms with Crippen molar-refractivity contribution in [2.45, 2.75) is 6.43 Å². The second-order valence-corrected chi connectivity index (χ2v) is 3.20. The van der Waals surface area contributed by atoms with E-state index in [0.717, 1.165) is 17.1 Å². The highest BCUT2D eigenvalue weighted by atomic mass is 19.3. The van der Waals surface area contributed by atoms with Gasteiger partial charge >= 0.3 is 5.97 Å². The number of nitrogens with zero attached hydrogens (tertiary/aromatic N) is 3. The van der Waals surface area contributed by atoms with E-state index < -0.39 is 12.4 Å². The molecule has 0 radical (unpaired) electrons. The van der Waals surface area contributed by atoms with Crippen molar-refractivity contribution in [2.75, 3.05) is 0 Å². The second-order valence-electron chi connectivity index (χ2n) is 3.20. The summed E-state index contributed by atoms with van der Waals surface area (Å²) in [4.78, 5) is 14.4. The molecular weight excluding hydrogens is 232 g/mol. The Morgan fingerprint density at radius 1 is 1.47 bits per heavy atom. The molecule has 0 aliphatic carbocycles. The van der Waals surface area contributed by atoms with Gasteiger partial charge in [-0.25, -0.2) is 23.2 Å². The molecule has 2 heterocycles. The number of alkyl halides is 2. The maximum atomic E-state index is 12.7. The first-order chi connectivity index (χ1) is 8.09. The highest BCUT2D eigenvalue weighted by molar-refractivity contribution is 5.86. The molecule has 17 heavy (non-hydrogen) atoms. The van der Waals surface area contributed by atoms with Crippen molar-refractivity contribution < 1.29 is 18.7 Å². The number of pyridine rings is 1. The maximum absolute atomic E-state index is 12.7. The number of aromatic nitrogens is 3. The van der Waals surface area contributed by atoms with Gasteiger partial charge in [0.1, 0.15) is 0 Å². The monoisotopic (exact) mass is 239 g/mol. The molecule has 0 aliphatic rings. The van der Waals surface area contributed by atoms with E-state index >= 15 is 0 Å². The van der Waals surface area contributed by atoms with E-state index in [9.17, 15) is 13.6 Å². The Bertz CT molecular complexity index is 554. The summed E-state index contributed by atoms with van der Waals surface area (Å²) in [5, 5.41) is 12.4. The molecule has 0 fully saturated rings. The third-order valence-electron chi connectivity index (χ3n) is 2.10. The Kier molecular flexibility index (Phi) is 2.82. The highest BCUT2D eigenvalue weighted by Gasteiger charge is 2.16. The lowest BCUT2D eigenvalue weighted by molar-refractivity contribution is 0.0697. The van der Waals surface area contributed by atoms with Crippen molar-refractivity contribution in [1.29, 1.82) is 0 Å². The Balaban J connectivity index is 2.48. The molecule has 0 bridgehead atoms. The largest absolute Gasteiger partial charge is 0.478 e. The molecule has 0 unspecified atom stereocenters. The van der Waals surface area contributed by atoms with Crippen molar-refractivity contribution in [1.82, 2.24) is 14.8 Å². The van der Waals surface area contributed by atoms with Gasteiger partial charge in [-0.1, -0.05) is 0 Å². The lowest BCUT2D eigenvalue weighted by Gasteiger charge is -2.06. The van der Waals surface area contributed by atoms with E-state index in [4.69, 9.17) is 5.11 Å². The molecule has 0 spiro atoms. The summed E-state index contributed by atoms with van der Waals surface area (Å²) in [6.07, 6.45) is 0.850. The lowest BCUT2D eigenvalue weighted by Crippen LogP contribution is -2.03. The average molecular weight is 239 g/mol. The third-order valence-corrected chi connectivity index (χ3v) is 2.10. The van der Waals surface area contributed by atoms with Gasteiger partial charge in [-0.3, -0.25) is 0 Å². The lowest BCUT2D eigenvalue weighted by atomic mass is 10.2. The quantitative estimate of drug-likeness (QED) is 0.888. The van der Waals surface area contributed by atoms with Gasteiger partial charge in [-0.2, -0.15) is 5.10 Å². The highest BCUT2D eigenvalue weighted by Crippen LogP contribution is 2.23. The topological polar surface area (TPSA) is 68.0 Å². The SMILES string of the molecule is O=C(O)c1cnn(-c2ncccc2C(F)F)c1. The van der Waals surface area contributed by atoms with E-state index in [1.807, 2.05) is 0 Å². The van der Waals surface area contributed by atoms with Crippen LogP contribution in [0.1, 0.15) is 22.3 Å². The molecule has 5 nitrogen and oxygen atoms in total. The third kappa shape index (κ3) is 2.12. The number of carbonyl (C=O) groups is 1. The Labute approximate surface area is 94.3 Å². The van der Waals surface area contributed by atoms with Crippen LogP contribution in [-0.4, -0.2) is 25.8 Å². The van der Waals surface area contributed by atoms with Crippen LogP contribution in [0.2, 0.25) is 0 Å². The number of carboxylic acid groups (broad SMARTS) is 1. The number of hydrogen-bond donors (Lipinski definition) is 1. The average Bonchev–Trinajstić information content (AvgIpc) is 2.78. The molecule has 1 N–H and O–H groups in total. The molecule has 0 aromatic carbocycles. The van der Waals surface area contributed by atoms with Crippen LogP contribution in [0.15, 0.2) is 30.7 Å². The molecule has 0 amide bonds. The standard InChI is InChI=1S/C10H7F2N3O2/c11-8(12)7-2-1-3-13-9(7)15-5-6(4-14-15)10(16)17/h1-5,8H,(H,16,17). The minimum atomic E-state index is -2.70. The summed E-state index contributed by atoms with van der Waals surface area (Å²) in [7, 11) is 0. The van der Waals surface area contributed by atoms with Crippen molar-refractivity contribution in [2.24, 2.45) is 0 Å². The van der Waals surface area contributed by atoms with Crippen LogP contribution in [0.5, 0.6) is 0 Å². The summed E-state index contributed by atoms with van der Waals surface area (Å²) < 4.78 is 26.4. The first kappa shape index (κ1) is 11.2. The van der Waals surface area contributed by atoms with Crippen LogP contribution in [0.25, 0.3) is 5.82 Å². The fraction of sp³-hybridized carbons (Fsp3) is 0.100. The van der Waals surface area contributed by atoms with Gasteiger partial charge in [-0.05, 0) is 12.1 Å². The summed E-state index contributed by atoms with van der Waals surface area (Å²) in [5.74, 6) is -1.25. The van der Waals surface area contributed by atoms with E-state index in [1.54, 1.807) is 0 Å². The van der Waals surface area contributed by atoms with Gasteiger partial charge < -0.3 is 5.11 Å². The number of hydrogen-bond acceptors (Lipinski definition) is 3. The molecular formula is C10H7F2N3O2. The Hall–Kier alpha value is -2.31. The summed E-state index contributed by atoms with van der Waals surface area (Å²) in [5.41, 5.74) is -0.386. The van der Waals surface area contributed by atoms with Crippen LogP contribution in [0.4, 0.5) is 8.78 Å². The summed E-state index contributed by atoms with van der Waals surface area (Å²) in [6.45, 7) is 0. The molecule has 2 aromatic heterocycles. The molecule has 88 valence electrons. The van der Waals surface area contributed by atoms with Gasteiger partial charge in [0.2, 0.25) is 0 Å². The first-order valence-corrected chi connectivity index (χ1v) is 4.61. The van der Waals surface area contributed by atoms with E-state index in [2.05, 4.69) is 10.1 Å². The fourth-order valence-corrected chi connectivity index (χ4v) is 1.32. The van der Waals surface area contributed by atoms with Crippen LogP contribution >= 0.6 is 0 Å². The molecule has 7 heteroatoms. The predicted molar refractivity (Wildman–Crippen MR) is 53.3 cm³/mol. The Morgan fingerprint density at radius 3 is 2.82 bits per heavy atom. The van der Waals surface area contributed by atoms with Crippen molar-refractivity contribution in [3.63, 3.8) is 0 Å². The van der Waals surface area contributed by atoms with Gasteiger partial charge in [-0.15, -0.1) is 0 Å². The molecule has 0 aliphatic heterocycles. The zero-order valence-corrected chi connectivity index (χ0v) is 8.42. The second kappa shape index (κ2) is 4.28. The van der Waals surface area contributed by atoms with Gasteiger partial charge in [0.15, 0.2) is 5.82 Å². The van der Waals surface area contributed by atoms with Crippen molar-refractivity contribution in [3.8, 4) is 5.82 Å². The number of halogens is 2. The van der Waals surface area contributed by atoms with E-state index in [1.165, 1.54) is 18.3 Å². The molecule has 2 rings (SSSR count). The van der Waals surface area contributed by atoms with E-state index in [-0.39, 0.29) is 16.9 Å².